The molecule has 1 aliphatic carbocycles. The smallest absolute Gasteiger partial charge is 0.166 e. The number of hydrogen-bond donors (Lipinski definition) is 0. The Kier molecular flexibility index (Phi) is 4.99. The molecule has 3 rings (SSSR count). The van der Waals surface area contributed by atoms with Crippen molar-refractivity contribution in [2.24, 2.45) is 5.92 Å². The molecule has 0 bridgehead atoms. The SMILES string of the molecule is CCCCCc1cc2cc3c(cc2c(F)c1F)CC(CC)CC3. The molecule has 0 saturated heterocycles. The third-order valence-corrected chi connectivity index (χ3v) is 5.37. The number of fused-ring (bicyclic) bond motifs is 2. The predicted molar refractivity (Wildman–Crippen MR) is 92.9 cm³/mol. The van der Waals surface area contributed by atoms with Crippen LogP contribution in [-0.2, 0) is 19.3 Å². The van der Waals surface area contributed by atoms with Gasteiger partial charge in [-0.2, -0.15) is 0 Å². The van der Waals surface area contributed by atoms with Gasteiger partial charge in [0.05, 0.1) is 0 Å². The first-order valence-corrected chi connectivity index (χ1v) is 9.06. The first-order valence-electron chi connectivity index (χ1n) is 9.06. The fourth-order valence-corrected chi connectivity index (χ4v) is 3.82. The third kappa shape index (κ3) is 3.27. The lowest BCUT2D eigenvalue weighted by atomic mass is 9.81. The van der Waals surface area contributed by atoms with Crippen LogP contribution in [0.2, 0.25) is 0 Å². The van der Waals surface area contributed by atoms with Crippen LogP contribution in [-0.4, -0.2) is 0 Å². The maximum Gasteiger partial charge on any atom is 0.166 e. The van der Waals surface area contributed by atoms with Crippen LogP contribution < -0.4 is 0 Å². The van der Waals surface area contributed by atoms with Gasteiger partial charge >= 0.3 is 0 Å². The first kappa shape index (κ1) is 16.4. The topological polar surface area (TPSA) is 0 Å². The molecule has 0 heterocycles. The molecule has 0 aromatic heterocycles. The fraction of sp³-hybridized carbons (Fsp3) is 0.524. The maximum absolute atomic E-state index is 14.5. The van der Waals surface area contributed by atoms with E-state index in [2.05, 4.69) is 19.9 Å². The van der Waals surface area contributed by atoms with Crippen molar-refractivity contribution in [3.05, 3.63) is 46.5 Å². The number of halogens is 2. The van der Waals surface area contributed by atoms with Crippen LogP contribution in [0.4, 0.5) is 8.78 Å². The lowest BCUT2D eigenvalue weighted by Gasteiger charge is -2.24. The highest BCUT2D eigenvalue weighted by Crippen LogP contribution is 2.33. The standard InChI is InChI=1S/C21H26F2/c1-3-5-6-7-16-12-18-11-15-9-8-14(4-2)10-17(15)13-19(18)21(23)20(16)22/h11-14H,3-10H2,1-2H3. The Morgan fingerprint density at radius 3 is 2.57 bits per heavy atom. The van der Waals surface area contributed by atoms with Crippen LogP contribution in [0.5, 0.6) is 0 Å². The molecule has 0 spiro atoms. The second-order valence-corrected chi connectivity index (χ2v) is 6.98. The summed E-state index contributed by atoms with van der Waals surface area (Å²) in [5.74, 6) is -0.618. The molecule has 2 aromatic rings. The van der Waals surface area contributed by atoms with Gasteiger partial charge in [0.2, 0.25) is 0 Å². The van der Waals surface area contributed by atoms with Crippen molar-refractivity contribution in [2.45, 2.75) is 65.2 Å². The Morgan fingerprint density at radius 2 is 1.83 bits per heavy atom. The zero-order chi connectivity index (χ0) is 16.4. The molecule has 0 saturated carbocycles. The minimum Gasteiger partial charge on any atom is -0.203 e. The van der Waals surface area contributed by atoms with Gasteiger partial charge in [0.1, 0.15) is 0 Å². The summed E-state index contributed by atoms with van der Waals surface area (Å²) in [6.45, 7) is 4.33. The van der Waals surface area contributed by atoms with Crippen LogP contribution >= 0.6 is 0 Å². The second kappa shape index (κ2) is 6.98. The van der Waals surface area contributed by atoms with Crippen LogP contribution in [0.15, 0.2) is 18.2 Å². The molecule has 124 valence electrons. The van der Waals surface area contributed by atoms with E-state index in [1.54, 1.807) is 0 Å². The van der Waals surface area contributed by atoms with Crippen LogP contribution in [0.1, 0.15) is 62.6 Å². The van der Waals surface area contributed by atoms with E-state index in [0.717, 1.165) is 43.9 Å². The van der Waals surface area contributed by atoms with Crippen molar-refractivity contribution < 1.29 is 8.78 Å². The summed E-state index contributed by atoms with van der Waals surface area (Å²) in [5, 5.41) is 1.32. The number of hydrogen-bond acceptors (Lipinski definition) is 0. The molecule has 0 fully saturated rings. The summed E-state index contributed by atoms with van der Waals surface area (Å²) in [7, 11) is 0. The number of unbranched alkanes of at least 4 members (excludes halogenated alkanes) is 2. The Balaban J connectivity index is 2.01. The zero-order valence-corrected chi connectivity index (χ0v) is 14.2. The highest BCUT2D eigenvalue weighted by molar-refractivity contribution is 5.86. The van der Waals surface area contributed by atoms with E-state index in [-0.39, 0.29) is 0 Å². The molecule has 1 aliphatic rings. The first-order chi connectivity index (χ1) is 11.1. The summed E-state index contributed by atoms with van der Waals surface area (Å²) in [4.78, 5) is 0. The van der Waals surface area contributed by atoms with E-state index in [1.165, 1.54) is 17.5 Å². The van der Waals surface area contributed by atoms with Crippen molar-refractivity contribution in [3.8, 4) is 0 Å². The minimum absolute atomic E-state index is 0.456. The number of rotatable bonds is 5. The zero-order valence-electron chi connectivity index (χ0n) is 14.2. The van der Waals surface area contributed by atoms with E-state index >= 15 is 0 Å². The lowest BCUT2D eigenvalue weighted by molar-refractivity contribution is 0.445. The van der Waals surface area contributed by atoms with Crippen molar-refractivity contribution in [3.63, 3.8) is 0 Å². The van der Waals surface area contributed by atoms with Crippen molar-refractivity contribution >= 4 is 10.8 Å². The molecule has 1 atom stereocenters. The van der Waals surface area contributed by atoms with Gasteiger partial charge in [0, 0.05) is 5.39 Å². The summed E-state index contributed by atoms with van der Waals surface area (Å²) in [6.07, 6.45) is 8.12. The van der Waals surface area contributed by atoms with E-state index in [0.29, 0.717) is 23.3 Å². The highest BCUT2D eigenvalue weighted by atomic mass is 19.2. The molecule has 0 aliphatic heterocycles. The molecule has 0 N–H and O–H groups in total. The molecule has 23 heavy (non-hydrogen) atoms. The molecule has 0 amide bonds. The van der Waals surface area contributed by atoms with Gasteiger partial charge in [-0.3, -0.25) is 0 Å². The quantitative estimate of drug-likeness (QED) is 0.563. The summed E-state index contributed by atoms with van der Waals surface area (Å²) in [5.41, 5.74) is 3.07. The average molecular weight is 316 g/mol. The average Bonchev–Trinajstić information content (AvgIpc) is 2.57. The van der Waals surface area contributed by atoms with Crippen LogP contribution in [0.3, 0.4) is 0 Å². The van der Waals surface area contributed by atoms with Crippen LogP contribution in [0.25, 0.3) is 10.8 Å². The van der Waals surface area contributed by atoms with Gasteiger partial charge in [-0.05, 0) is 72.2 Å². The lowest BCUT2D eigenvalue weighted by Crippen LogP contribution is -2.13. The Labute approximate surface area is 137 Å². The van der Waals surface area contributed by atoms with Crippen molar-refractivity contribution in [1.82, 2.24) is 0 Å². The molecule has 0 nitrogen and oxygen atoms in total. The van der Waals surface area contributed by atoms with Gasteiger partial charge in [0.25, 0.3) is 0 Å². The molecule has 2 aromatic carbocycles. The summed E-state index contributed by atoms with van der Waals surface area (Å²) < 4.78 is 28.9. The minimum atomic E-state index is -0.657. The van der Waals surface area contributed by atoms with E-state index < -0.39 is 11.6 Å². The van der Waals surface area contributed by atoms with Gasteiger partial charge in [-0.15, -0.1) is 0 Å². The molecule has 2 heteroatoms. The van der Waals surface area contributed by atoms with Crippen molar-refractivity contribution in [2.75, 3.05) is 0 Å². The van der Waals surface area contributed by atoms with Gasteiger partial charge in [-0.1, -0.05) is 39.2 Å². The van der Waals surface area contributed by atoms with E-state index in [9.17, 15) is 8.78 Å². The molecular weight excluding hydrogens is 290 g/mol. The largest absolute Gasteiger partial charge is 0.203 e. The van der Waals surface area contributed by atoms with Gasteiger partial charge in [-0.25, -0.2) is 8.78 Å². The summed E-state index contributed by atoms with van der Waals surface area (Å²) >= 11 is 0. The Morgan fingerprint density at radius 1 is 1.00 bits per heavy atom. The highest BCUT2D eigenvalue weighted by Gasteiger charge is 2.20. The second-order valence-electron chi connectivity index (χ2n) is 6.98. The molecule has 0 radical (unpaired) electrons. The van der Waals surface area contributed by atoms with E-state index in [1.807, 2.05) is 12.1 Å². The monoisotopic (exact) mass is 316 g/mol. The van der Waals surface area contributed by atoms with Gasteiger partial charge in [0.15, 0.2) is 11.6 Å². The number of aryl methyl sites for hydroxylation is 2. The predicted octanol–water partition coefficient (Wildman–Crippen LogP) is 6.37. The fourth-order valence-electron chi connectivity index (χ4n) is 3.82. The van der Waals surface area contributed by atoms with Crippen molar-refractivity contribution in [1.29, 1.82) is 0 Å². The normalized spacial score (nSPS) is 17.5. The third-order valence-electron chi connectivity index (χ3n) is 5.37. The maximum atomic E-state index is 14.5. The summed E-state index contributed by atoms with van der Waals surface area (Å²) in [6, 6.07) is 5.87. The van der Waals surface area contributed by atoms with E-state index in [4.69, 9.17) is 0 Å². The Hall–Kier alpha value is -1.44. The molecule has 1 unspecified atom stereocenters. The Bertz CT molecular complexity index is 703. The number of benzene rings is 2. The van der Waals surface area contributed by atoms with Crippen LogP contribution in [0, 0.1) is 17.6 Å². The molecular formula is C21H26F2. The van der Waals surface area contributed by atoms with Gasteiger partial charge < -0.3 is 0 Å².